The summed E-state index contributed by atoms with van der Waals surface area (Å²) in [5, 5.41) is 7.35. The molecular formula is C8H16N4S. The number of hydrogen-bond donors (Lipinski definition) is 2. The first kappa shape index (κ1) is 10.6. The smallest absolute Gasteiger partial charge is 0.0797 e. The highest BCUT2D eigenvalue weighted by molar-refractivity contribution is 7.05. The fourth-order valence-electron chi connectivity index (χ4n) is 1.06. The molecule has 1 aromatic rings. The molecule has 74 valence electrons. The molecule has 0 fully saturated rings. The van der Waals surface area contributed by atoms with Crippen LogP contribution < -0.4 is 11.1 Å². The number of nitrogens with two attached hydrogens (primary N) is 1. The Kier molecular flexibility index (Phi) is 4.88. The normalized spacial score (nSPS) is 10.6. The van der Waals surface area contributed by atoms with Crippen molar-refractivity contribution in [3.63, 3.8) is 0 Å². The summed E-state index contributed by atoms with van der Waals surface area (Å²) >= 11 is 1.48. The van der Waals surface area contributed by atoms with Crippen molar-refractivity contribution in [3.05, 3.63) is 10.6 Å². The van der Waals surface area contributed by atoms with Gasteiger partial charge >= 0.3 is 0 Å². The number of hydrogen-bond acceptors (Lipinski definition) is 5. The summed E-state index contributed by atoms with van der Waals surface area (Å²) in [6.45, 7) is 4.69. The van der Waals surface area contributed by atoms with Gasteiger partial charge in [0.05, 0.1) is 10.6 Å². The largest absolute Gasteiger partial charge is 0.330 e. The highest BCUT2D eigenvalue weighted by Crippen LogP contribution is 2.09. The lowest BCUT2D eigenvalue weighted by atomic mass is 10.3. The van der Waals surface area contributed by atoms with Crippen LogP contribution >= 0.6 is 11.5 Å². The lowest BCUT2D eigenvalue weighted by molar-refractivity contribution is 0.656. The maximum atomic E-state index is 5.38. The van der Waals surface area contributed by atoms with E-state index in [0.29, 0.717) is 0 Å². The third-order valence-electron chi connectivity index (χ3n) is 1.81. The van der Waals surface area contributed by atoms with Crippen molar-refractivity contribution < 1.29 is 0 Å². The first-order valence-electron chi connectivity index (χ1n) is 4.59. The van der Waals surface area contributed by atoms with Crippen molar-refractivity contribution >= 4 is 11.5 Å². The van der Waals surface area contributed by atoms with Crippen LogP contribution in [0.4, 0.5) is 0 Å². The third kappa shape index (κ3) is 3.38. The summed E-state index contributed by atoms with van der Waals surface area (Å²) in [6, 6.07) is 0. The predicted molar refractivity (Wildman–Crippen MR) is 54.7 cm³/mol. The molecule has 0 spiro atoms. The summed E-state index contributed by atoms with van der Waals surface area (Å²) in [4.78, 5) is 1.25. The molecule has 13 heavy (non-hydrogen) atoms. The standard InChI is InChI=1S/C8H16N4S/c1-2-7-8(13-12-11-7)6-10-5-3-4-9/h10H,2-6,9H2,1H3. The maximum Gasteiger partial charge on any atom is 0.0797 e. The van der Waals surface area contributed by atoms with Gasteiger partial charge in [-0.3, -0.25) is 0 Å². The van der Waals surface area contributed by atoms with Gasteiger partial charge in [-0.2, -0.15) is 0 Å². The molecule has 1 heterocycles. The van der Waals surface area contributed by atoms with E-state index >= 15 is 0 Å². The summed E-state index contributed by atoms with van der Waals surface area (Å²) < 4.78 is 3.92. The second-order valence-corrected chi connectivity index (χ2v) is 3.65. The molecule has 0 radical (unpaired) electrons. The molecule has 0 saturated heterocycles. The molecule has 0 amide bonds. The SMILES string of the molecule is CCc1nnsc1CNCCCN. The van der Waals surface area contributed by atoms with Crippen LogP contribution in [0, 0.1) is 0 Å². The van der Waals surface area contributed by atoms with Crippen LogP contribution in [-0.4, -0.2) is 22.7 Å². The van der Waals surface area contributed by atoms with Gasteiger partial charge in [0.1, 0.15) is 0 Å². The van der Waals surface area contributed by atoms with E-state index in [0.717, 1.165) is 38.2 Å². The molecule has 0 saturated carbocycles. The molecular weight excluding hydrogens is 184 g/mol. The van der Waals surface area contributed by atoms with Crippen molar-refractivity contribution in [1.82, 2.24) is 14.9 Å². The monoisotopic (exact) mass is 200 g/mol. The summed E-state index contributed by atoms with van der Waals surface area (Å²) in [7, 11) is 0. The van der Waals surface area contributed by atoms with E-state index in [-0.39, 0.29) is 0 Å². The Hall–Kier alpha value is -0.520. The van der Waals surface area contributed by atoms with Crippen LogP contribution in [0.15, 0.2) is 0 Å². The molecule has 0 aromatic carbocycles. The van der Waals surface area contributed by atoms with Gasteiger partial charge in [0.2, 0.25) is 0 Å². The minimum absolute atomic E-state index is 0.745. The Morgan fingerprint density at radius 3 is 3.08 bits per heavy atom. The van der Waals surface area contributed by atoms with Crippen molar-refractivity contribution in [2.24, 2.45) is 5.73 Å². The Labute approximate surface area is 82.7 Å². The zero-order valence-corrected chi connectivity index (χ0v) is 8.73. The van der Waals surface area contributed by atoms with Gasteiger partial charge in [0.15, 0.2) is 0 Å². The fourth-order valence-corrected chi connectivity index (χ4v) is 1.75. The number of aryl methyl sites for hydroxylation is 1. The Bertz CT molecular complexity index is 236. The van der Waals surface area contributed by atoms with E-state index in [1.165, 1.54) is 16.4 Å². The molecule has 4 nitrogen and oxygen atoms in total. The first-order valence-corrected chi connectivity index (χ1v) is 5.36. The quantitative estimate of drug-likeness (QED) is 0.658. The van der Waals surface area contributed by atoms with E-state index in [1.807, 2.05) is 0 Å². The van der Waals surface area contributed by atoms with Gasteiger partial charge < -0.3 is 11.1 Å². The molecule has 0 aliphatic carbocycles. The number of nitrogens with one attached hydrogen (secondary N) is 1. The molecule has 5 heteroatoms. The zero-order chi connectivity index (χ0) is 9.52. The third-order valence-corrected chi connectivity index (χ3v) is 2.58. The second kappa shape index (κ2) is 6.01. The van der Waals surface area contributed by atoms with Crippen LogP contribution in [0.25, 0.3) is 0 Å². The minimum Gasteiger partial charge on any atom is -0.330 e. The van der Waals surface area contributed by atoms with Crippen molar-refractivity contribution in [2.45, 2.75) is 26.3 Å². The van der Waals surface area contributed by atoms with Gasteiger partial charge in [0.25, 0.3) is 0 Å². The number of aromatic nitrogens is 2. The number of rotatable bonds is 6. The summed E-state index contributed by atoms with van der Waals surface area (Å²) in [5.74, 6) is 0. The molecule has 0 atom stereocenters. The first-order chi connectivity index (χ1) is 6.38. The van der Waals surface area contributed by atoms with Crippen molar-refractivity contribution in [2.75, 3.05) is 13.1 Å². The Morgan fingerprint density at radius 1 is 1.54 bits per heavy atom. The maximum absolute atomic E-state index is 5.38. The molecule has 0 aliphatic heterocycles. The van der Waals surface area contributed by atoms with Crippen LogP contribution in [0.5, 0.6) is 0 Å². The van der Waals surface area contributed by atoms with Crippen LogP contribution in [0.2, 0.25) is 0 Å². The lowest BCUT2D eigenvalue weighted by Crippen LogP contribution is -2.17. The molecule has 0 bridgehead atoms. The van der Waals surface area contributed by atoms with Crippen molar-refractivity contribution in [3.8, 4) is 0 Å². The van der Waals surface area contributed by atoms with Gasteiger partial charge in [-0.25, -0.2) is 0 Å². The van der Waals surface area contributed by atoms with Crippen LogP contribution in [0.3, 0.4) is 0 Å². The van der Waals surface area contributed by atoms with Gasteiger partial charge in [0, 0.05) is 6.54 Å². The summed E-state index contributed by atoms with van der Waals surface area (Å²) in [5.41, 5.74) is 6.50. The van der Waals surface area contributed by atoms with E-state index in [1.54, 1.807) is 0 Å². The second-order valence-electron chi connectivity index (χ2n) is 2.82. The lowest BCUT2D eigenvalue weighted by Gasteiger charge is -2.01. The Morgan fingerprint density at radius 2 is 2.38 bits per heavy atom. The van der Waals surface area contributed by atoms with E-state index in [9.17, 15) is 0 Å². The Balaban J connectivity index is 2.27. The minimum atomic E-state index is 0.745. The highest BCUT2D eigenvalue weighted by Gasteiger charge is 2.03. The predicted octanol–water partition coefficient (Wildman–Crippen LogP) is 0.539. The zero-order valence-electron chi connectivity index (χ0n) is 7.92. The van der Waals surface area contributed by atoms with Gasteiger partial charge in [-0.15, -0.1) is 5.10 Å². The molecule has 1 rings (SSSR count). The van der Waals surface area contributed by atoms with Crippen LogP contribution in [-0.2, 0) is 13.0 Å². The van der Waals surface area contributed by atoms with Crippen LogP contribution in [0.1, 0.15) is 23.9 Å². The molecule has 0 aliphatic rings. The average Bonchev–Trinajstić information content (AvgIpc) is 2.60. The number of nitrogens with zero attached hydrogens (tertiary/aromatic N) is 2. The highest BCUT2D eigenvalue weighted by atomic mass is 32.1. The topological polar surface area (TPSA) is 63.8 Å². The van der Waals surface area contributed by atoms with E-state index < -0.39 is 0 Å². The van der Waals surface area contributed by atoms with Gasteiger partial charge in [-0.1, -0.05) is 11.4 Å². The van der Waals surface area contributed by atoms with E-state index in [4.69, 9.17) is 5.73 Å². The average molecular weight is 200 g/mol. The van der Waals surface area contributed by atoms with E-state index in [2.05, 4.69) is 21.8 Å². The molecule has 0 unspecified atom stereocenters. The molecule has 3 N–H and O–H groups in total. The molecule has 1 aromatic heterocycles. The summed E-state index contributed by atoms with van der Waals surface area (Å²) in [6.07, 6.45) is 1.98. The fraction of sp³-hybridized carbons (Fsp3) is 0.750. The van der Waals surface area contributed by atoms with Gasteiger partial charge in [-0.05, 0) is 37.5 Å². The van der Waals surface area contributed by atoms with Crippen molar-refractivity contribution in [1.29, 1.82) is 0 Å².